The van der Waals surface area contributed by atoms with Gasteiger partial charge in [0, 0.05) is 6.07 Å². The van der Waals surface area contributed by atoms with Crippen molar-refractivity contribution in [3.8, 4) is 5.75 Å². The average molecular weight is 281 g/mol. The van der Waals surface area contributed by atoms with Gasteiger partial charge in [-0.3, -0.25) is 14.9 Å². The number of carbonyl (C=O) groups is 1. The van der Waals surface area contributed by atoms with Gasteiger partial charge in [-0.15, -0.1) is 0 Å². The first-order chi connectivity index (χ1) is 9.33. The van der Waals surface area contributed by atoms with Gasteiger partial charge in [-0.05, 0) is 39.2 Å². The summed E-state index contributed by atoms with van der Waals surface area (Å²) in [5.74, 6) is -0.353. The lowest BCUT2D eigenvalue weighted by molar-refractivity contribution is -0.384. The zero-order valence-corrected chi connectivity index (χ0v) is 11.7. The Kier molecular flexibility index (Phi) is 5.49. The van der Waals surface area contributed by atoms with Crippen molar-refractivity contribution >= 4 is 11.7 Å². The van der Waals surface area contributed by atoms with E-state index >= 15 is 0 Å². The van der Waals surface area contributed by atoms with Crippen LogP contribution in [0.4, 0.5) is 5.69 Å². The number of hydrogen-bond acceptors (Lipinski definition) is 4. The third-order valence-corrected chi connectivity index (χ3v) is 3.07. The Morgan fingerprint density at radius 1 is 1.40 bits per heavy atom. The summed E-state index contributed by atoms with van der Waals surface area (Å²) in [6, 6.07) is 6.01. The Balaban J connectivity index is 2.33. The van der Waals surface area contributed by atoms with Crippen LogP contribution in [0.1, 0.15) is 33.1 Å². The predicted molar refractivity (Wildman–Crippen MR) is 73.9 cm³/mol. The van der Waals surface area contributed by atoms with Crippen LogP contribution in [0.15, 0.2) is 24.3 Å². The van der Waals surface area contributed by atoms with E-state index in [0.29, 0.717) is 25.2 Å². The molecular formula is C14H19NO5. The fourth-order valence-electron chi connectivity index (χ4n) is 1.65. The second-order valence-corrected chi connectivity index (χ2v) is 5.25. The van der Waals surface area contributed by atoms with Crippen LogP contribution < -0.4 is 4.74 Å². The average Bonchev–Trinajstić information content (AvgIpc) is 2.38. The lowest BCUT2D eigenvalue weighted by Crippen LogP contribution is -2.23. The van der Waals surface area contributed by atoms with E-state index < -0.39 is 16.3 Å². The standard InChI is InChI=1S/C14H19NO5/c1-14(2,13(16)17)8-3-4-9-20-12-7-5-6-11(10-12)15(18)19/h5-7,10H,3-4,8-9H2,1-2H3,(H,16,17). The quantitative estimate of drug-likeness (QED) is 0.448. The fourth-order valence-corrected chi connectivity index (χ4v) is 1.65. The Hall–Kier alpha value is -2.11. The van der Waals surface area contributed by atoms with E-state index in [0.717, 1.165) is 6.42 Å². The van der Waals surface area contributed by atoms with Crippen molar-refractivity contribution in [1.82, 2.24) is 0 Å². The minimum atomic E-state index is -0.808. The normalized spacial score (nSPS) is 11.1. The zero-order valence-electron chi connectivity index (χ0n) is 11.7. The molecule has 20 heavy (non-hydrogen) atoms. The van der Waals surface area contributed by atoms with Crippen LogP contribution in [0.5, 0.6) is 5.75 Å². The molecular weight excluding hydrogens is 262 g/mol. The first-order valence-corrected chi connectivity index (χ1v) is 6.43. The number of nitro benzene ring substituents is 1. The summed E-state index contributed by atoms with van der Waals surface area (Å²) in [5, 5.41) is 19.6. The van der Waals surface area contributed by atoms with Gasteiger partial charge >= 0.3 is 5.97 Å². The molecule has 1 rings (SSSR count). The summed E-state index contributed by atoms with van der Waals surface area (Å²) in [7, 11) is 0. The van der Waals surface area contributed by atoms with E-state index in [1.807, 2.05) is 0 Å². The van der Waals surface area contributed by atoms with Gasteiger partial charge in [0.15, 0.2) is 0 Å². The van der Waals surface area contributed by atoms with Gasteiger partial charge in [-0.1, -0.05) is 6.07 Å². The van der Waals surface area contributed by atoms with Gasteiger partial charge in [0.25, 0.3) is 5.69 Å². The van der Waals surface area contributed by atoms with E-state index in [-0.39, 0.29) is 5.69 Å². The zero-order chi connectivity index (χ0) is 15.2. The molecule has 1 N–H and O–H groups in total. The smallest absolute Gasteiger partial charge is 0.309 e. The van der Waals surface area contributed by atoms with Gasteiger partial charge in [-0.25, -0.2) is 0 Å². The first kappa shape index (κ1) is 15.9. The topological polar surface area (TPSA) is 89.7 Å². The van der Waals surface area contributed by atoms with Crippen molar-refractivity contribution in [3.63, 3.8) is 0 Å². The van der Waals surface area contributed by atoms with Crippen LogP contribution in [0, 0.1) is 15.5 Å². The molecule has 1 aromatic rings. The lowest BCUT2D eigenvalue weighted by atomic mass is 9.87. The summed E-state index contributed by atoms with van der Waals surface area (Å²) in [4.78, 5) is 21.0. The highest BCUT2D eigenvalue weighted by molar-refractivity contribution is 5.73. The Labute approximate surface area is 117 Å². The number of rotatable bonds is 8. The van der Waals surface area contributed by atoms with Gasteiger partial charge in [-0.2, -0.15) is 0 Å². The number of carboxylic acids is 1. The maximum atomic E-state index is 10.9. The molecule has 0 saturated heterocycles. The summed E-state index contributed by atoms with van der Waals surface area (Å²) >= 11 is 0. The highest BCUT2D eigenvalue weighted by Crippen LogP contribution is 2.24. The van der Waals surface area contributed by atoms with Crippen molar-refractivity contribution < 1.29 is 19.6 Å². The highest BCUT2D eigenvalue weighted by Gasteiger charge is 2.25. The highest BCUT2D eigenvalue weighted by atomic mass is 16.6. The van der Waals surface area contributed by atoms with Crippen molar-refractivity contribution in [3.05, 3.63) is 34.4 Å². The lowest BCUT2D eigenvalue weighted by Gasteiger charge is -2.18. The van der Waals surface area contributed by atoms with E-state index in [1.54, 1.807) is 26.0 Å². The number of hydrogen-bond donors (Lipinski definition) is 1. The fraction of sp³-hybridized carbons (Fsp3) is 0.500. The molecule has 0 heterocycles. The van der Waals surface area contributed by atoms with E-state index in [2.05, 4.69) is 0 Å². The minimum absolute atomic E-state index is 0.00508. The predicted octanol–water partition coefficient (Wildman–Crippen LogP) is 3.25. The summed E-state index contributed by atoms with van der Waals surface area (Å²) in [6.07, 6.45) is 2.01. The molecule has 110 valence electrons. The summed E-state index contributed by atoms with van der Waals surface area (Å²) < 4.78 is 5.42. The molecule has 1 aromatic carbocycles. The van der Waals surface area contributed by atoms with Crippen molar-refractivity contribution in [2.24, 2.45) is 5.41 Å². The third-order valence-electron chi connectivity index (χ3n) is 3.07. The molecule has 0 unspecified atom stereocenters. The maximum Gasteiger partial charge on any atom is 0.309 e. The van der Waals surface area contributed by atoms with Crippen molar-refractivity contribution in [2.45, 2.75) is 33.1 Å². The molecule has 0 aliphatic carbocycles. The number of benzene rings is 1. The third kappa shape index (κ3) is 4.87. The van der Waals surface area contributed by atoms with Crippen LogP contribution in [-0.2, 0) is 4.79 Å². The van der Waals surface area contributed by atoms with E-state index in [1.165, 1.54) is 12.1 Å². The summed E-state index contributed by atoms with van der Waals surface area (Å²) in [6.45, 7) is 3.80. The second-order valence-electron chi connectivity index (χ2n) is 5.25. The SMILES string of the molecule is CC(C)(CCCCOc1cccc([N+](=O)[O-])c1)C(=O)O. The number of carboxylic acid groups (broad SMARTS) is 1. The van der Waals surface area contributed by atoms with Crippen LogP contribution >= 0.6 is 0 Å². The van der Waals surface area contributed by atoms with Crippen LogP contribution in [0.3, 0.4) is 0 Å². The molecule has 6 nitrogen and oxygen atoms in total. The summed E-state index contributed by atoms with van der Waals surface area (Å²) in [5.41, 5.74) is -0.736. The Morgan fingerprint density at radius 3 is 2.70 bits per heavy atom. The maximum absolute atomic E-state index is 10.9. The number of nitrogens with zero attached hydrogens (tertiary/aromatic N) is 1. The van der Waals surface area contributed by atoms with Gasteiger partial charge in [0.1, 0.15) is 5.75 Å². The first-order valence-electron chi connectivity index (χ1n) is 6.43. The van der Waals surface area contributed by atoms with Crippen molar-refractivity contribution in [2.75, 3.05) is 6.61 Å². The molecule has 0 amide bonds. The molecule has 0 saturated carbocycles. The Morgan fingerprint density at radius 2 is 2.10 bits per heavy atom. The molecule has 0 spiro atoms. The number of ether oxygens (including phenoxy) is 1. The monoisotopic (exact) mass is 281 g/mol. The van der Waals surface area contributed by atoms with E-state index in [9.17, 15) is 14.9 Å². The van der Waals surface area contributed by atoms with E-state index in [4.69, 9.17) is 9.84 Å². The largest absolute Gasteiger partial charge is 0.493 e. The van der Waals surface area contributed by atoms with Crippen LogP contribution in [0.25, 0.3) is 0 Å². The van der Waals surface area contributed by atoms with Crippen molar-refractivity contribution in [1.29, 1.82) is 0 Å². The number of aliphatic carboxylic acids is 1. The second kappa shape index (κ2) is 6.88. The molecule has 6 heteroatoms. The molecule has 0 atom stereocenters. The molecule has 0 aromatic heterocycles. The number of non-ortho nitro benzene ring substituents is 1. The molecule has 0 fully saturated rings. The number of unbranched alkanes of at least 4 members (excludes halogenated alkanes) is 1. The van der Waals surface area contributed by atoms with Crippen LogP contribution in [0.2, 0.25) is 0 Å². The molecule has 0 bridgehead atoms. The molecule has 0 aliphatic rings. The van der Waals surface area contributed by atoms with Gasteiger partial charge < -0.3 is 9.84 Å². The van der Waals surface area contributed by atoms with Gasteiger partial charge in [0.2, 0.25) is 0 Å². The molecule has 0 radical (unpaired) electrons. The minimum Gasteiger partial charge on any atom is -0.493 e. The van der Waals surface area contributed by atoms with Crippen LogP contribution in [-0.4, -0.2) is 22.6 Å². The Bertz CT molecular complexity index is 484. The van der Waals surface area contributed by atoms with Gasteiger partial charge in [0.05, 0.1) is 23.0 Å². The number of nitro groups is 1. The molecule has 0 aliphatic heterocycles.